The highest BCUT2D eigenvalue weighted by molar-refractivity contribution is 7.92. The zero-order valence-electron chi connectivity index (χ0n) is 18.8. The van der Waals surface area contributed by atoms with Crippen LogP contribution in [0.3, 0.4) is 0 Å². The van der Waals surface area contributed by atoms with Gasteiger partial charge >= 0.3 is 0 Å². The van der Waals surface area contributed by atoms with Crippen molar-refractivity contribution >= 4 is 39.1 Å². The number of hydrogen-bond acceptors (Lipinski definition) is 4. The van der Waals surface area contributed by atoms with Crippen LogP contribution in [0.5, 0.6) is 0 Å². The highest BCUT2D eigenvalue weighted by atomic mass is 35.5. The number of anilines is 1. The molecule has 0 aromatic heterocycles. The minimum Gasteiger partial charge on any atom is -0.357 e. The van der Waals surface area contributed by atoms with E-state index in [1.54, 1.807) is 31.2 Å². The van der Waals surface area contributed by atoms with E-state index in [0.717, 1.165) is 17.4 Å². The minimum atomic E-state index is -3.55. The first-order valence-electron chi connectivity index (χ1n) is 10.3. The molecular formula is C23H30ClN3O4S. The van der Waals surface area contributed by atoms with Crippen molar-refractivity contribution < 1.29 is 18.0 Å². The fourth-order valence-electron chi connectivity index (χ4n) is 3.32. The zero-order chi connectivity index (χ0) is 23.9. The summed E-state index contributed by atoms with van der Waals surface area (Å²) in [7, 11) is -2.02. The van der Waals surface area contributed by atoms with Crippen molar-refractivity contribution in [2.24, 2.45) is 0 Å². The maximum atomic E-state index is 13.1. The lowest BCUT2D eigenvalue weighted by atomic mass is 10.1. The summed E-state index contributed by atoms with van der Waals surface area (Å²) in [5.41, 5.74) is 2.46. The van der Waals surface area contributed by atoms with Gasteiger partial charge in [-0.15, -0.1) is 0 Å². The fourth-order valence-corrected chi connectivity index (χ4v) is 4.46. The van der Waals surface area contributed by atoms with E-state index in [4.69, 9.17) is 11.6 Å². The van der Waals surface area contributed by atoms with E-state index in [2.05, 4.69) is 5.32 Å². The average molecular weight is 480 g/mol. The van der Waals surface area contributed by atoms with E-state index in [1.807, 2.05) is 31.2 Å². The molecule has 9 heteroatoms. The molecule has 2 aromatic carbocycles. The maximum absolute atomic E-state index is 13.1. The quantitative estimate of drug-likeness (QED) is 0.566. The molecule has 0 heterocycles. The second kappa shape index (κ2) is 11.3. The summed E-state index contributed by atoms with van der Waals surface area (Å²) >= 11 is 6.01. The molecule has 7 nitrogen and oxygen atoms in total. The fraction of sp³-hybridized carbons (Fsp3) is 0.391. The monoisotopic (exact) mass is 479 g/mol. The Hall–Kier alpha value is -2.58. The Balaban J connectivity index is 2.13. The molecule has 32 heavy (non-hydrogen) atoms. The van der Waals surface area contributed by atoms with Crippen molar-refractivity contribution in [1.29, 1.82) is 0 Å². The number of rotatable bonds is 10. The summed E-state index contributed by atoms with van der Waals surface area (Å²) in [6, 6.07) is 13.7. The number of benzene rings is 2. The van der Waals surface area contributed by atoms with Crippen LogP contribution in [0.25, 0.3) is 0 Å². The van der Waals surface area contributed by atoms with Crippen LogP contribution in [0, 0.1) is 6.92 Å². The van der Waals surface area contributed by atoms with Crippen LogP contribution in [0.1, 0.15) is 30.9 Å². The molecule has 0 fully saturated rings. The molecule has 2 amide bonds. The summed E-state index contributed by atoms with van der Waals surface area (Å²) in [6.45, 7) is 4.07. The molecule has 0 saturated carbocycles. The third-order valence-corrected chi connectivity index (χ3v) is 6.56. The van der Waals surface area contributed by atoms with Gasteiger partial charge < -0.3 is 10.2 Å². The van der Waals surface area contributed by atoms with Gasteiger partial charge in [-0.3, -0.25) is 13.9 Å². The highest BCUT2D eigenvalue weighted by Gasteiger charge is 2.26. The van der Waals surface area contributed by atoms with Crippen molar-refractivity contribution in [3.8, 4) is 0 Å². The molecular weight excluding hydrogens is 450 g/mol. The molecule has 0 spiro atoms. The lowest BCUT2D eigenvalue weighted by Crippen LogP contribution is -2.46. The lowest BCUT2D eigenvalue weighted by molar-refractivity contribution is -0.140. The van der Waals surface area contributed by atoms with Gasteiger partial charge in [0.05, 0.1) is 11.9 Å². The summed E-state index contributed by atoms with van der Waals surface area (Å²) in [5.74, 6) is -0.483. The van der Waals surface area contributed by atoms with Crippen LogP contribution in [0.15, 0.2) is 48.5 Å². The van der Waals surface area contributed by atoms with E-state index in [-0.39, 0.29) is 31.3 Å². The van der Waals surface area contributed by atoms with Crippen molar-refractivity contribution in [3.63, 3.8) is 0 Å². The third-order valence-electron chi connectivity index (χ3n) is 5.14. The zero-order valence-corrected chi connectivity index (χ0v) is 20.4. The summed E-state index contributed by atoms with van der Waals surface area (Å²) in [5, 5.41) is 3.01. The van der Waals surface area contributed by atoms with Gasteiger partial charge in [-0.1, -0.05) is 47.5 Å². The number of carbonyl (C=O) groups excluding carboxylic acids is 2. The predicted molar refractivity (Wildman–Crippen MR) is 128 cm³/mol. The molecule has 0 saturated heterocycles. The Morgan fingerprint density at radius 1 is 1.12 bits per heavy atom. The molecule has 1 atom stereocenters. The Kier molecular flexibility index (Phi) is 9.09. The van der Waals surface area contributed by atoms with Crippen LogP contribution in [-0.2, 0) is 26.2 Å². The second-order valence-corrected chi connectivity index (χ2v) is 10.1. The van der Waals surface area contributed by atoms with Gasteiger partial charge in [0.2, 0.25) is 21.8 Å². The van der Waals surface area contributed by atoms with E-state index >= 15 is 0 Å². The summed E-state index contributed by atoms with van der Waals surface area (Å²) < 4.78 is 25.8. The Morgan fingerprint density at radius 3 is 2.34 bits per heavy atom. The normalized spacial score (nSPS) is 12.2. The first-order chi connectivity index (χ1) is 15.0. The van der Waals surface area contributed by atoms with Crippen LogP contribution in [0.4, 0.5) is 5.69 Å². The van der Waals surface area contributed by atoms with Crippen LogP contribution >= 0.6 is 11.6 Å². The van der Waals surface area contributed by atoms with E-state index < -0.39 is 16.1 Å². The topological polar surface area (TPSA) is 86.8 Å². The van der Waals surface area contributed by atoms with Crippen molar-refractivity contribution in [2.45, 2.75) is 39.3 Å². The SMILES string of the molecule is CNC(=O)C(C)N(Cc1ccc(C)cc1)C(=O)CCCN(c1cccc(Cl)c1)S(C)(=O)=O. The van der Waals surface area contributed by atoms with Crippen molar-refractivity contribution in [1.82, 2.24) is 10.2 Å². The molecule has 0 aliphatic heterocycles. The molecule has 0 bridgehead atoms. The van der Waals surface area contributed by atoms with Gasteiger partial charge in [0, 0.05) is 31.6 Å². The van der Waals surface area contributed by atoms with Crippen molar-refractivity contribution in [3.05, 3.63) is 64.7 Å². The number of amides is 2. The van der Waals surface area contributed by atoms with Gasteiger partial charge in [0.15, 0.2) is 0 Å². The lowest BCUT2D eigenvalue weighted by Gasteiger charge is -2.29. The molecule has 2 rings (SSSR count). The molecule has 0 radical (unpaired) electrons. The molecule has 1 N–H and O–H groups in total. The number of nitrogens with one attached hydrogen (secondary N) is 1. The second-order valence-electron chi connectivity index (χ2n) is 7.72. The summed E-state index contributed by atoms with van der Waals surface area (Å²) in [4.78, 5) is 26.8. The van der Waals surface area contributed by atoms with Gasteiger partial charge in [-0.25, -0.2) is 8.42 Å². The Labute approximate surface area is 195 Å². The third kappa shape index (κ3) is 7.24. The van der Waals surface area contributed by atoms with Gasteiger partial charge in [-0.2, -0.15) is 0 Å². The summed E-state index contributed by atoms with van der Waals surface area (Å²) in [6.07, 6.45) is 1.51. The van der Waals surface area contributed by atoms with Gasteiger partial charge in [0.1, 0.15) is 6.04 Å². The van der Waals surface area contributed by atoms with E-state index in [9.17, 15) is 18.0 Å². The molecule has 1 unspecified atom stereocenters. The number of aryl methyl sites for hydroxylation is 1. The predicted octanol–water partition coefficient (Wildman–Crippen LogP) is 3.36. The number of sulfonamides is 1. The number of hydrogen-bond donors (Lipinski definition) is 1. The molecule has 2 aromatic rings. The smallest absolute Gasteiger partial charge is 0.242 e. The first-order valence-corrected chi connectivity index (χ1v) is 12.6. The number of likely N-dealkylation sites (N-methyl/N-ethyl adjacent to an activating group) is 1. The average Bonchev–Trinajstić information content (AvgIpc) is 2.74. The van der Waals surface area contributed by atoms with Crippen molar-refractivity contribution in [2.75, 3.05) is 24.2 Å². The maximum Gasteiger partial charge on any atom is 0.242 e. The largest absolute Gasteiger partial charge is 0.357 e. The first kappa shape index (κ1) is 25.7. The van der Waals surface area contributed by atoms with Gasteiger partial charge in [0.25, 0.3) is 0 Å². The number of halogens is 1. The Morgan fingerprint density at radius 2 is 1.78 bits per heavy atom. The number of carbonyl (C=O) groups is 2. The van der Waals surface area contributed by atoms with Crippen LogP contribution < -0.4 is 9.62 Å². The molecule has 174 valence electrons. The van der Waals surface area contributed by atoms with E-state index in [1.165, 1.54) is 16.3 Å². The van der Waals surface area contributed by atoms with Crippen LogP contribution in [-0.4, -0.2) is 51.0 Å². The van der Waals surface area contributed by atoms with Gasteiger partial charge in [-0.05, 0) is 44.0 Å². The van der Waals surface area contributed by atoms with Crippen LogP contribution in [0.2, 0.25) is 5.02 Å². The molecule has 0 aliphatic rings. The molecule has 0 aliphatic carbocycles. The Bertz CT molecular complexity index is 1040. The van der Waals surface area contributed by atoms with E-state index in [0.29, 0.717) is 17.1 Å². The number of nitrogens with zero attached hydrogens (tertiary/aromatic N) is 2. The minimum absolute atomic E-state index is 0.0970. The standard InChI is InChI=1S/C23H30ClN3O4S/c1-17-10-12-19(13-11-17)16-26(18(2)23(29)25-3)22(28)9-6-14-27(32(4,30)31)21-8-5-7-20(24)15-21/h5,7-8,10-13,15,18H,6,9,14,16H2,1-4H3,(H,25,29). The highest BCUT2D eigenvalue weighted by Crippen LogP contribution is 2.22.